The van der Waals surface area contributed by atoms with Crippen molar-refractivity contribution in [3.63, 3.8) is 0 Å². The monoisotopic (exact) mass is 283 g/mol. The van der Waals surface area contributed by atoms with Crippen LogP contribution in [0.25, 0.3) is 0 Å². The number of hydrogen-bond donors (Lipinski definition) is 0. The Morgan fingerprint density at radius 2 is 2.00 bits per heavy atom. The first kappa shape index (κ1) is 13.3. The first-order chi connectivity index (χ1) is 9.86. The molecule has 0 amide bonds. The molecule has 3 rings (SSSR count). The summed E-state index contributed by atoms with van der Waals surface area (Å²) < 4.78 is 5.75. The first-order valence-electron chi connectivity index (χ1n) is 6.76. The zero-order valence-electron chi connectivity index (χ0n) is 11.5. The van der Waals surface area contributed by atoms with Gasteiger partial charge in [0.05, 0.1) is 6.61 Å². The van der Waals surface area contributed by atoms with Gasteiger partial charge in [-0.2, -0.15) is 0 Å². The average Bonchev–Trinajstić information content (AvgIpc) is 2.53. The molecule has 0 aromatic heterocycles. The van der Waals surface area contributed by atoms with Crippen LogP contribution in [0.15, 0.2) is 58.4 Å². The van der Waals surface area contributed by atoms with Gasteiger partial charge in [-0.25, -0.2) is 0 Å². The number of thioether (sulfide) groups is 1. The van der Waals surface area contributed by atoms with Crippen LogP contribution in [-0.4, -0.2) is 19.4 Å². The van der Waals surface area contributed by atoms with Crippen LogP contribution in [0.3, 0.4) is 0 Å². The Labute approximate surface area is 123 Å². The third-order valence-electron chi connectivity index (χ3n) is 3.38. The highest BCUT2D eigenvalue weighted by molar-refractivity contribution is 7.98. The molecule has 102 valence electrons. The maximum Gasteiger partial charge on any atom is 0.129 e. The summed E-state index contributed by atoms with van der Waals surface area (Å²) in [7, 11) is 1.85. The van der Waals surface area contributed by atoms with Crippen molar-refractivity contribution in [2.75, 3.05) is 13.7 Å². The molecular formula is C17H17NOS. The van der Waals surface area contributed by atoms with Gasteiger partial charge in [-0.05, 0) is 23.8 Å². The summed E-state index contributed by atoms with van der Waals surface area (Å²) in [6.45, 7) is 0.729. The van der Waals surface area contributed by atoms with Crippen LogP contribution in [0.2, 0.25) is 0 Å². The molecule has 2 aromatic carbocycles. The molecule has 0 saturated heterocycles. The van der Waals surface area contributed by atoms with Crippen LogP contribution < -0.4 is 4.74 Å². The molecule has 20 heavy (non-hydrogen) atoms. The fraction of sp³-hybridized carbons (Fsp3) is 0.235. The number of nitrogens with zero attached hydrogens (tertiary/aromatic N) is 1. The number of hydrogen-bond acceptors (Lipinski definition) is 3. The maximum absolute atomic E-state index is 5.75. The Morgan fingerprint density at radius 1 is 1.15 bits per heavy atom. The summed E-state index contributed by atoms with van der Waals surface area (Å²) in [4.78, 5) is 5.58. The van der Waals surface area contributed by atoms with Gasteiger partial charge in [0.25, 0.3) is 0 Å². The van der Waals surface area contributed by atoms with Crippen molar-refractivity contribution in [1.29, 1.82) is 0 Å². The van der Waals surface area contributed by atoms with Crippen LogP contribution in [0.1, 0.15) is 17.5 Å². The lowest BCUT2D eigenvalue weighted by molar-refractivity contribution is 0.319. The lowest BCUT2D eigenvalue weighted by Crippen LogP contribution is -2.16. The second-order valence-electron chi connectivity index (χ2n) is 4.70. The van der Waals surface area contributed by atoms with Gasteiger partial charge in [-0.3, -0.25) is 4.99 Å². The molecule has 0 fully saturated rings. The number of ether oxygens (including phenoxy) is 1. The van der Waals surface area contributed by atoms with E-state index in [1.165, 1.54) is 10.5 Å². The molecule has 2 nitrogen and oxygen atoms in total. The van der Waals surface area contributed by atoms with Crippen molar-refractivity contribution in [1.82, 2.24) is 0 Å². The standard InChI is InChI=1S/C17H17NOS/c1-18-16-9-10-19-17-11-14(7-8-15(16)17)20-12-13-5-3-2-4-6-13/h2-8,11H,9-10,12H2,1H3/b18-16+. The largest absolute Gasteiger partial charge is 0.492 e. The summed E-state index contributed by atoms with van der Waals surface area (Å²) in [5, 5.41) is 0. The second kappa shape index (κ2) is 6.14. The number of aliphatic imine (C=N–C) groups is 1. The zero-order chi connectivity index (χ0) is 13.8. The molecule has 0 radical (unpaired) electrons. The minimum Gasteiger partial charge on any atom is -0.492 e. The lowest BCUT2D eigenvalue weighted by atomic mass is 10.0. The minimum absolute atomic E-state index is 0.729. The van der Waals surface area contributed by atoms with Gasteiger partial charge in [0.1, 0.15) is 5.75 Å². The van der Waals surface area contributed by atoms with Gasteiger partial charge in [-0.15, -0.1) is 11.8 Å². The molecule has 0 atom stereocenters. The number of fused-ring (bicyclic) bond motifs is 1. The smallest absolute Gasteiger partial charge is 0.129 e. The molecule has 0 spiro atoms. The SMILES string of the molecule is C/N=C1\CCOc2cc(SCc3ccccc3)ccc21. The molecule has 1 aliphatic heterocycles. The van der Waals surface area contributed by atoms with E-state index in [1.807, 2.05) is 24.9 Å². The van der Waals surface area contributed by atoms with Crippen molar-refractivity contribution in [3.8, 4) is 5.75 Å². The highest BCUT2D eigenvalue weighted by Gasteiger charge is 2.16. The van der Waals surface area contributed by atoms with Crippen LogP contribution in [-0.2, 0) is 5.75 Å². The minimum atomic E-state index is 0.729. The molecule has 3 heteroatoms. The number of benzene rings is 2. The van der Waals surface area contributed by atoms with Gasteiger partial charge < -0.3 is 4.74 Å². The van der Waals surface area contributed by atoms with E-state index in [0.717, 1.165) is 35.8 Å². The molecular weight excluding hydrogens is 266 g/mol. The van der Waals surface area contributed by atoms with Crippen molar-refractivity contribution < 1.29 is 4.74 Å². The summed E-state index contributed by atoms with van der Waals surface area (Å²) in [6, 6.07) is 16.9. The summed E-state index contributed by atoms with van der Waals surface area (Å²) >= 11 is 1.84. The quantitative estimate of drug-likeness (QED) is 0.788. The van der Waals surface area contributed by atoms with Gasteiger partial charge >= 0.3 is 0 Å². The topological polar surface area (TPSA) is 21.6 Å². The Kier molecular flexibility index (Phi) is 4.07. The van der Waals surface area contributed by atoms with Crippen LogP contribution in [0.5, 0.6) is 5.75 Å². The molecule has 1 aliphatic rings. The van der Waals surface area contributed by atoms with E-state index in [4.69, 9.17) is 4.74 Å². The van der Waals surface area contributed by atoms with Gasteiger partial charge in [0, 0.05) is 35.4 Å². The first-order valence-corrected chi connectivity index (χ1v) is 7.75. The molecule has 2 aromatic rings. The molecule has 0 saturated carbocycles. The third kappa shape index (κ3) is 2.88. The molecule has 0 aliphatic carbocycles. The van der Waals surface area contributed by atoms with Crippen molar-refractivity contribution in [2.45, 2.75) is 17.1 Å². The van der Waals surface area contributed by atoms with E-state index in [1.54, 1.807) is 0 Å². The molecule has 0 bridgehead atoms. The highest BCUT2D eigenvalue weighted by Crippen LogP contribution is 2.31. The molecule has 0 unspecified atom stereocenters. The maximum atomic E-state index is 5.75. The summed E-state index contributed by atoms with van der Waals surface area (Å²) in [5.74, 6) is 1.95. The lowest BCUT2D eigenvalue weighted by Gasteiger charge is -2.19. The Balaban J connectivity index is 1.76. The Hall–Kier alpha value is -1.74. The zero-order valence-corrected chi connectivity index (χ0v) is 12.3. The fourth-order valence-corrected chi connectivity index (χ4v) is 3.20. The van der Waals surface area contributed by atoms with Crippen molar-refractivity contribution in [2.24, 2.45) is 4.99 Å². The second-order valence-corrected chi connectivity index (χ2v) is 5.75. The predicted octanol–water partition coefficient (Wildman–Crippen LogP) is 4.18. The van der Waals surface area contributed by atoms with E-state index in [9.17, 15) is 0 Å². The summed E-state index contributed by atoms with van der Waals surface area (Å²) in [5.41, 5.74) is 3.63. The highest BCUT2D eigenvalue weighted by atomic mass is 32.2. The fourth-order valence-electron chi connectivity index (χ4n) is 2.32. The van der Waals surface area contributed by atoms with Gasteiger partial charge in [0.2, 0.25) is 0 Å². The van der Waals surface area contributed by atoms with Crippen LogP contribution in [0, 0.1) is 0 Å². The number of rotatable bonds is 3. The van der Waals surface area contributed by atoms with Gasteiger partial charge in [-0.1, -0.05) is 30.3 Å². The Bertz CT molecular complexity index is 622. The van der Waals surface area contributed by atoms with E-state index in [-0.39, 0.29) is 0 Å². The van der Waals surface area contributed by atoms with E-state index in [2.05, 4.69) is 47.5 Å². The van der Waals surface area contributed by atoms with Crippen LogP contribution >= 0.6 is 11.8 Å². The van der Waals surface area contributed by atoms with Crippen LogP contribution in [0.4, 0.5) is 0 Å². The Morgan fingerprint density at radius 3 is 2.80 bits per heavy atom. The van der Waals surface area contributed by atoms with Crippen molar-refractivity contribution in [3.05, 3.63) is 59.7 Å². The van der Waals surface area contributed by atoms with E-state index >= 15 is 0 Å². The van der Waals surface area contributed by atoms with E-state index in [0.29, 0.717) is 0 Å². The normalized spacial score (nSPS) is 15.8. The average molecular weight is 283 g/mol. The van der Waals surface area contributed by atoms with E-state index < -0.39 is 0 Å². The van der Waals surface area contributed by atoms with Crippen molar-refractivity contribution >= 4 is 17.5 Å². The third-order valence-corrected chi connectivity index (χ3v) is 4.44. The molecule has 1 heterocycles. The van der Waals surface area contributed by atoms with Gasteiger partial charge in [0.15, 0.2) is 0 Å². The predicted molar refractivity (Wildman–Crippen MR) is 85.0 cm³/mol. The molecule has 0 N–H and O–H groups in total. The summed E-state index contributed by atoms with van der Waals surface area (Å²) in [6.07, 6.45) is 0.903.